The Labute approximate surface area is 124 Å². The van der Waals surface area contributed by atoms with Gasteiger partial charge < -0.3 is 19.7 Å². The molecule has 6 nitrogen and oxygen atoms in total. The lowest BCUT2D eigenvalue weighted by Gasteiger charge is -2.19. The van der Waals surface area contributed by atoms with E-state index in [9.17, 15) is 0 Å². The normalized spacial score (nSPS) is 22.0. The Balaban J connectivity index is 2.03. The van der Waals surface area contributed by atoms with E-state index in [-0.39, 0.29) is 12.2 Å². The van der Waals surface area contributed by atoms with Gasteiger partial charge in [0.1, 0.15) is 18.0 Å². The molecule has 1 saturated heterocycles. The molecule has 0 aliphatic carbocycles. The maximum Gasteiger partial charge on any atom is 0.224 e. The molecular weight excluding hydrogens is 268 g/mol. The van der Waals surface area contributed by atoms with E-state index in [1.165, 1.54) is 0 Å². The molecule has 1 aliphatic rings. The molecule has 0 saturated carbocycles. The first-order chi connectivity index (χ1) is 10.3. The number of hydrogen-bond acceptors (Lipinski definition) is 6. The molecule has 0 radical (unpaired) electrons. The highest BCUT2D eigenvalue weighted by atomic mass is 16.5. The molecule has 2 heterocycles. The van der Waals surface area contributed by atoms with Crippen molar-refractivity contribution in [3.63, 3.8) is 0 Å². The van der Waals surface area contributed by atoms with E-state index in [4.69, 9.17) is 9.47 Å². The maximum absolute atomic E-state index is 5.51. The fourth-order valence-electron chi connectivity index (χ4n) is 2.78. The predicted octanol–water partition coefficient (Wildman–Crippen LogP) is 1.52. The SMILES string of the molecule is CNc1nc(N2CC(OC)C(OC)C2)c2ccccc2n1. The fraction of sp³-hybridized carbons (Fsp3) is 0.467. The number of rotatable bonds is 4. The smallest absolute Gasteiger partial charge is 0.224 e. The lowest BCUT2D eigenvalue weighted by atomic mass is 10.2. The molecule has 6 heteroatoms. The zero-order valence-corrected chi connectivity index (χ0v) is 12.5. The molecule has 1 aliphatic heterocycles. The van der Waals surface area contributed by atoms with Crippen LogP contribution in [-0.4, -0.2) is 56.5 Å². The summed E-state index contributed by atoms with van der Waals surface area (Å²) in [6, 6.07) is 8.04. The predicted molar refractivity (Wildman–Crippen MR) is 82.9 cm³/mol. The molecule has 1 aromatic heterocycles. The summed E-state index contributed by atoms with van der Waals surface area (Å²) in [7, 11) is 5.27. The van der Waals surface area contributed by atoms with E-state index in [1.54, 1.807) is 14.2 Å². The summed E-state index contributed by atoms with van der Waals surface area (Å²) in [6.07, 6.45) is 0.114. The van der Waals surface area contributed by atoms with Crippen molar-refractivity contribution in [2.45, 2.75) is 12.2 Å². The number of benzene rings is 1. The number of nitrogens with zero attached hydrogens (tertiary/aromatic N) is 3. The molecule has 2 unspecified atom stereocenters. The summed E-state index contributed by atoms with van der Waals surface area (Å²) in [5, 5.41) is 4.07. The average Bonchev–Trinajstić information content (AvgIpc) is 2.96. The van der Waals surface area contributed by atoms with Crippen LogP contribution in [0, 0.1) is 0 Å². The Morgan fingerprint density at radius 2 is 1.76 bits per heavy atom. The van der Waals surface area contributed by atoms with Crippen molar-refractivity contribution in [1.29, 1.82) is 0 Å². The molecule has 21 heavy (non-hydrogen) atoms. The van der Waals surface area contributed by atoms with Gasteiger partial charge in [-0.05, 0) is 12.1 Å². The quantitative estimate of drug-likeness (QED) is 0.920. The Morgan fingerprint density at radius 1 is 1.10 bits per heavy atom. The van der Waals surface area contributed by atoms with Gasteiger partial charge in [0.05, 0.1) is 5.52 Å². The minimum atomic E-state index is 0.0572. The van der Waals surface area contributed by atoms with E-state index in [0.717, 1.165) is 29.8 Å². The van der Waals surface area contributed by atoms with Crippen molar-refractivity contribution in [3.05, 3.63) is 24.3 Å². The molecule has 0 spiro atoms. The Morgan fingerprint density at radius 3 is 2.38 bits per heavy atom. The van der Waals surface area contributed by atoms with Crippen LogP contribution in [0.15, 0.2) is 24.3 Å². The topological polar surface area (TPSA) is 59.5 Å². The highest BCUT2D eigenvalue weighted by molar-refractivity contribution is 5.90. The maximum atomic E-state index is 5.51. The van der Waals surface area contributed by atoms with Gasteiger partial charge in [-0.2, -0.15) is 4.98 Å². The summed E-state index contributed by atoms with van der Waals surface area (Å²) >= 11 is 0. The average molecular weight is 288 g/mol. The minimum absolute atomic E-state index is 0.0572. The first kappa shape index (κ1) is 14.0. The van der Waals surface area contributed by atoms with Crippen molar-refractivity contribution in [2.75, 3.05) is 44.6 Å². The Hall–Kier alpha value is -1.92. The summed E-state index contributed by atoms with van der Waals surface area (Å²) in [5.41, 5.74) is 0.932. The van der Waals surface area contributed by atoms with Crippen LogP contribution in [0.25, 0.3) is 10.9 Å². The molecule has 1 aromatic carbocycles. The van der Waals surface area contributed by atoms with Crippen LogP contribution in [0.4, 0.5) is 11.8 Å². The van der Waals surface area contributed by atoms with Crippen LogP contribution < -0.4 is 10.2 Å². The highest BCUT2D eigenvalue weighted by Gasteiger charge is 2.34. The third kappa shape index (κ3) is 2.52. The van der Waals surface area contributed by atoms with Gasteiger partial charge in [0.15, 0.2) is 0 Å². The second-order valence-electron chi connectivity index (χ2n) is 5.09. The van der Waals surface area contributed by atoms with Crippen molar-refractivity contribution in [2.24, 2.45) is 0 Å². The van der Waals surface area contributed by atoms with Crippen LogP contribution >= 0.6 is 0 Å². The second kappa shape index (κ2) is 5.83. The molecule has 0 bridgehead atoms. The number of hydrogen-bond donors (Lipinski definition) is 1. The van der Waals surface area contributed by atoms with Gasteiger partial charge in [-0.25, -0.2) is 4.98 Å². The lowest BCUT2D eigenvalue weighted by Crippen LogP contribution is -2.27. The van der Waals surface area contributed by atoms with Gasteiger partial charge in [0.25, 0.3) is 0 Å². The highest BCUT2D eigenvalue weighted by Crippen LogP contribution is 2.29. The number of fused-ring (bicyclic) bond motifs is 1. The van der Waals surface area contributed by atoms with Gasteiger partial charge in [-0.3, -0.25) is 0 Å². The minimum Gasteiger partial charge on any atom is -0.377 e. The molecule has 1 fully saturated rings. The van der Waals surface area contributed by atoms with Crippen LogP contribution in [0.5, 0.6) is 0 Å². The first-order valence-electron chi connectivity index (χ1n) is 7.02. The zero-order valence-electron chi connectivity index (χ0n) is 12.5. The van der Waals surface area contributed by atoms with E-state index < -0.39 is 0 Å². The monoisotopic (exact) mass is 288 g/mol. The summed E-state index contributed by atoms with van der Waals surface area (Å²) in [5.74, 6) is 1.55. The number of aromatic nitrogens is 2. The van der Waals surface area contributed by atoms with Crippen LogP contribution in [0.3, 0.4) is 0 Å². The lowest BCUT2D eigenvalue weighted by molar-refractivity contribution is -0.00461. The molecular formula is C15H20N4O2. The third-order valence-electron chi connectivity index (χ3n) is 3.93. The fourth-order valence-corrected chi connectivity index (χ4v) is 2.78. The standard InChI is InChI=1S/C15H20N4O2/c1-16-15-17-11-7-5-4-6-10(11)14(18-15)19-8-12(20-2)13(9-19)21-3/h4-7,12-13H,8-9H2,1-3H3,(H,16,17,18). The van der Waals surface area contributed by atoms with Gasteiger partial charge in [0, 0.05) is 39.7 Å². The molecule has 3 rings (SSSR count). The Bertz CT molecular complexity index is 622. The molecule has 2 aromatic rings. The van der Waals surface area contributed by atoms with Gasteiger partial charge in [-0.15, -0.1) is 0 Å². The van der Waals surface area contributed by atoms with E-state index in [0.29, 0.717) is 5.95 Å². The molecule has 0 amide bonds. The van der Waals surface area contributed by atoms with Gasteiger partial charge in [0.2, 0.25) is 5.95 Å². The summed E-state index contributed by atoms with van der Waals surface area (Å²) in [4.78, 5) is 11.3. The summed E-state index contributed by atoms with van der Waals surface area (Å²) < 4.78 is 11.0. The van der Waals surface area contributed by atoms with Crippen molar-refractivity contribution < 1.29 is 9.47 Å². The van der Waals surface area contributed by atoms with E-state index in [2.05, 4.69) is 20.2 Å². The number of para-hydroxylation sites is 1. The number of anilines is 2. The van der Waals surface area contributed by atoms with Crippen molar-refractivity contribution in [3.8, 4) is 0 Å². The molecule has 112 valence electrons. The van der Waals surface area contributed by atoms with Crippen LogP contribution in [0.1, 0.15) is 0 Å². The number of methoxy groups -OCH3 is 2. The number of ether oxygens (including phenoxy) is 2. The second-order valence-corrected chi connectivity index (χ2v) is 5.09. The van der Waals surface area contributed by atoms with Gasteiger partial charge >= 0.3 is 0 Å². The summed E-state index contributed by atoms with van der Waals surface area (Å²) in [6.45, 7) is 1.53. The van der Waals surface area contributed by atoms with Crippen LogP contribution in [0.2, 0.25) is 0 Å². The van der Waals surface area contributed by atoms with E-state index >= 15 is 0 Å². The van der Waals surface area contributed by atoms with Gasteiger partial charge in [-0.1, -0.05) is 12.1 Å². The van der Waals surface area contributed by atoms with Crippen molar-refractivity contribution >= 4 is 22.7 Å². The first-order valence-corrected chi connectivity index (χ1v) is 7.02. The molecule has 1 N–H and O–H groups in total. The zero-order chi connectivity index (χ0) is 14.8. The Kier molecular flexibility index (Phi) is 3.90. The number of nitrogens with one attached hydrogen (secondary N) is 1. The van der Waals surface area contributed by atoms with Crippen molar-refractivity contribution in [1.82, 2.24) is 9.97 Å². The largest absolute Gasteiger partial charge is 0.377 e. The van der Waals surface area contributed by atoms with Crippen LogP contribution in [-0.2, 0) is 9.47 Å². The third-order valence-corrected chi connectivity index (χ3v) is 3.93. The molecule has 2 atom stereocenters. The van der Waals surface area contributed by atoms with E-state index in [1.807, 2.05) is 31.3 Å².